The maximum atomic E-state index is 12.3. The average molecular weight is 261 g/mol. The van der Waals surface area contributed by atoms with Crippen molar-refractivity contribution in [1.29, 1.82) is 0 Å². The van der Waals surface area contributed by atoms with Crippen molar-refractivity contribution < 1.29 is 4.79 Å². The molecule has 1 aliphatic heterocycles. The maximum Gasteiger partial charge on any atom is 0.246 e. The third kappa shape index (κ3) is 2.73. The fourth-order valence-corrected chi connectivity index (χ4v) is 2.78. The van der Waals surface area contributed by atoms with Crippen molar-refractivity contribution in [2.75, 3.05) is 31.6 Å². The second-order valence-electron chi connectivity index (χ2n) is 5.35. The molecule has 0 aromatic heterocycles. The Morgan fingerprint density at radius 2 is 2.05 bits per heavy atom. The lowest BCUT2D eigenvalue weighted by atomic mass is 10.1. The minimum atomic E-state index is -0.242. The van der Waals surface area contributed by atoms with Gasteiger partial charge >= 0.3 is 0 Å². The van der Waals surface area contributed by atoms with E-state index in [9.17, 15) is 4.79 Å². The molecule has 2 rings (SSSR count). The van der Waals surface area contributed by atoms with Gasteiger partial charge in [0, 0.05) is 32.4 Å². The summed E-state index contributed by atoms with van der Waals surface area (Å²) < 4.78 is 0. The van der Waals surface area contributed by atoms with Gasteiger partial charge in [-0.1, -0.05) is 17.7 Å². The number of anilines is 1. The highest BCUT2D eigenvalue weighted by Crippen LogP contribution is 2.25. The van der Waals surface area contributed by atoms with Crippen LogP contribution in [0.2, 0.25) is 0 Å². The lowest BCUT2D eigenvalue weighted by Crippen LogP contribution is -2.49. The molecule has 4 heteroatoms. The normalized spacial score (nSPS) is 20.6. The van der Waals surface area contributed by atoms with E-state index < -0.39 is 0 Å². The second kappa shape index (κ2) is 5.61. The highest BCUT2D eigenvalue weighted by atomic mass is 16.2. The van der Waals surface area contributed by atoms with E-state index in [0.29, 0.717) is 6.54 Å². The zero-order valence-electron chi connectivity index (χ0n) is 12.0. The van der Waals surface area contributed by atoms with Crippen LogP contribution in [0.15, 0.2) is 18.2 Å². The number of likely N-dealkylation sites (N-methyl/N-ethyl adjacent to an activating group) is 1. The standard InChI is InChI=1S/C15H23N3O/c1-11-5-6-13(12(2)9-11)18-8-4-7-17(3)15(19)14(18)10-16/h5-6,9,14H,4,7-8,10,16H2,1-3H3. The lowest BCUT2D eigenvalue weighted by molar-refractivity contribution is -0.130. The van der Waals surface area contributed by atoms with Crippen molar-refractivity contribution in [3.63, 3.8) is 0 Å². The van der Waals surface area contributed by atoms with Gasteiger partial charge in [-0.15, -0.1) is 0 Å². The average Bonchev–Trinajstić information content (AvgIpc) is 2.50. The molecule has 1 saturated heterocycles. The first-order chi connectivity index (χ1) is 9.04. The van der Waals surface area contributed by atoms with Crippen LogP contribution in [0.4, 0.5) is 5.69 Å². The fourth-order valence-electron chi connectivity index (χ4n) is 2.78. The van der Waals surface area contributed by atoms with E-state index >= 15 is 0 Å². The monoisotopic (exact) mass is 261 g/mol. The Kier molecular flexibility index (Phi) is 4.10. The Balaban J connectivity index is 2.37. The Hall–Kier alpha value is -1.55. The van der Waals surface area contributed by atoms with Gasteiger partial charge in [-0.2, -0.15) is 0 Å². The summed E-state index contributed by atoms with van der Waals surface area (Å²) in [7, 11) is 1.86. The van der Waals surface area contributed by atoms with Gasteiger partial charge < -0.3 is 15.5 Å². The molecule has 0 radical (unpaired) electrons. The van der Waals surface area contributed by atoms with Crippen LogP contribution < -0.4 is 10.6 Å². The highest BCUT2D eigenvalue weighted by molar-refractivity contribution is 5.86. The minimum Gasteiger partial charge on any atom is -0.358 e. The molecule has 2 N–H and O–H groups in total. The zero-order valence-corrected chi connectivity index (χ0v) is 12.0. The lowest BCUT2D eigenvalue weighted by Gasteiger charge is -2.32. The molecule has 0 aliphatic carbocycles. The summed E-state index contributed by atoms with van der Waals surface area (Å²) in [5, 5.41) is 0. The molecule has 4 nitrogen and oxygen atoms in total. The summed E-state index contributed by atoms with van der Waals surface area (Å²) in [4.78, 5) is 16.3. The number of nitrogens with two attached hydrogens (primary N) is 1. The van der Waals surface area contributed by atoms with Crippen molar-refractivity contribution in [2.45, 2.75) is 26.3 Å². The number of carbonyl (C=O) groups is 1. The number of benzene rings is 1. The molecule has 1 atom stereocenters. The third-order valence-corrected chi connectivity index (χ3v) is 3.82. The molecule has 0 bridgehead atoms. The number of aryl methyl sites for hydroxylation is 2. The van der Waals surface area contributed by atoms with E-state index in [-0.39, 0.29) is 11.9 Å². The molecular weight excluding hydrogens is 238 g/mol. The molecule has 1 unspecified atom stereocenters. The predicted octanol–water partition coefficient (Wildman–Crippen LogP) is 1.30. The van der Waals surface area contributed by atoms with Gasteiger partial charge in [-0.25, -0.2) is 0 Å². The largest absolute Gasteiger partial charge is 0.358 e. The molecule has 0 spiro atoms. The summed E-state index contributed by atoms with van der Waals surface area (Å²) in [6, 6.07) is 6.11. The first kappa shape index (κ1) is 13.9. The highest BCUT2D eigenvalue weighted by Gasteiger charge is 2.30. The van der Waals surface area contributed by atoms with E-state index in [2.05, 4.69) is 36.9 Å². The van der Waals surface area contributed by atoms with E-state index in [4.69, 9.17) is 5.73 Å². The Labute approximate surface area is 115 Å². The van der Waals surface area contributed by atoms with Crippen LogP contribution in [0.25, 0.3) is 0 Å². The van der Waals surface area contributed by atoms with Crippen LogP contribution in [-0.4, -0.2) is 43.5 Å². The van der Waals surface area contributed by atoms with E-state index in [0.717, 1.165) is 25.2 Å². The quantitative estimate of drug-likeness (QED) is 0.873. The molecule has 1 fully saturated rings. The van der Waals surface area contributed by atoms with Gasteiger partial charge in [-0.3, -0.25) is 4.79 Å². The summed E-state index contributed by atoms with van der Waals surface area (Å²) in [6.45, 7) is 6.21. The van der Waals surface area contributed by atoms with Crippen LogP contribution in [0.3, 0.4) is 0 Å². The number of nitrogens with zero attached hydrogens (tertiary/aromatic N) is 2. The van der Waals surface area contributed by atoms with Crippen molar-refractivity contribution in [2.24, 2.45) is 5.73 Å². The Morgan fingerprint density at radius 3 is 2.68 bits per heavy atom. The molecule has 1 amide bonds. The first-order valence-electron chi connectivity index (χ1n) is 6.83. The predicted molar refractivity (Wildman–Crippen MR) is 78.4 cm³/mol. The number of hydrogen-bond acceptors (Lipinski definition) is 3. The SMILES string of the molecule is Cc1ccc(N2CCCN(C)C(=O)C2CN)c(C)c1. The molecule has 19 heavy (non-hydrogen) atoms. The first-order valence-corrected chi connectivity index (χ1v) is 6.83. The van der Waals surface area contributed by atoms with Gasteiger partial charge in [0.05, 0.1) is 0 Å². The van der Waals surface area contributed by atoms with Crippen molar-refractivity contribution >= 4 is 11.6 Å². The third-order valence-electron chi connectivity index (χ3n) is 3.82. The van der Waals surface area contributed by atoms with Crippen LogP contribution >= 0.6 is 0 Å². The van der Waals surface area contributed by atoms with Crippen molar-refractivity contribution in [3.05, 3.63) is 29.3 Å². The number of hydrogen-bond donors (Lipinski definition) is 1. The minimum absolute atomic E-state index is 0.125. The molecule has 104 valence electrons. The summed E-state index contributed by atoms with van der Waals surface area (Å²) in [5.41, 5.74) is 9.42. The van der Waals surface area contributed by atoms with Crippen LogP contribution in [0.1, 0.15) is 17.5 Å². The molecule has 0 saturated carbocycles. The van der Waals surface area contributed by atoms with Crippen molar-refractivity contribution in [3.8, 4) is 0 Å². The van der Waals surface area contributed by atoms with Crippen LogP contribution in [-0.2, 0) is 4.79 Å². The summed E-state index contributed by atoms with van der Waals surface area (Å²) in [6.07, 6.45) is 0.978. The topological polar surface area (TPSA) is 49.6 Å². The number of rotatable bonds is 2. The molecule has 1 heterocycles. The fraction of sp³-hybridized carbons (Fsp3) is 0.533. The van der Waals surface area contributed by atoms with E-state index in [1.807, 2.05) is 7.05 Å². The van der Waals surface area contributed by atoms with Crippen LogP contribution in [0.5, 0.6) is 0 Å². The molecule has 1 aromatic carbocycles. The van der Waals surface area contributed by atoms with Crippen LogP contribution in [0, 0.1) is 13.8 Å². The van der Waals surface area contributed by atoms with Crippen molar-refractivity contribution in [1.82, 2.24) is 4.90 Å². The smallest absolute Gasteiger partial charge is 0.246 e. The summed E-state index contributed by atoms with van der Waals surface area (Å²) in [5.74, 6) is 0.125. The van der Waals surface area contributed by atoms with Gasteiger partial charge in [0.15, 0.2) is 0 Å². The van der Waals surface area contributed by atoms with Gasteiger partial charge in [0.25, 0.3) is 0 Å². The number of carbonyl (C=O) groups excluding carboxylic acids is 1. The van der Waals surface area contributed by atoms with E-state index in [1.165, 1.54) is 11.1 Å². The molecule has 1 aromatic rings. The van der Waals surface area contributed by atoms with E-state index in [1.54, 1.807) is 4.90 Å². The summed E-state index contributed by atoms with van der Waals surface area (Å²) >= 11 is 0. The maximum absolute atomic E-state index is 12.3. The van der Waals surface area contributed by atoms with Gasteiger partial charge in [-0.05, 0) is 31.9 Å². The van der Waals surface area contributed by atoms with Gasteiger partial charge in [0.1, 0.15) is 6.04 Å². The number of amides is 1. The second-order valence-corrected chi connectivity index (χ2v) is 5.35. The van der Waals surface area contributed by atoms with Gasteiger partial charge in [0.2, 0.25) is 5.91 Å². The molecule has 1 aliphatic rings. The Bertz CT molecular complexity index is 472. The molecular formula is C15H23N3O. The Morgan fingerprint density at radius 1 is 1.32 bits per heavy atom. The zero-order chi connectivity index (χ0) is 14.0.